The molecule has 4 rings (SSSR count). The fourth-order valence-electron chi connectivity index (χ4n) is 12.1. The maximum atomic E-state index is 15.7. The number of benzene rings is 4. The molecule has 0 aliphatic rings. The zero-order valence-electron chi connectivity index (χ0n) is 48.4. The highest BCUT2D eigenvalue weighted by atomic mass is 31.2. The Morgan fingerprint density at radius 1 is 0.370 bits per heavy atom. The smallest absolute Gasteiger partial charge is 0.242 e. The van der Waals surface area contributed by atoms with E-state index in [0.717, 1.165) is 5.30 Å². The van der Waals surface area contributed by atoms with E-state index in [0.29, 0.717) is 5.30 Å². The van der Waals surface area contributed by atoms with Crippen LogP contribution in [0.1, 0.15) is 197 Å². The number of unbranched alkanes of at least 4 members (excludes halogenated alkanes) is 9. The second-order valence-electron chi connectivity index (χ2n) is 22.5. The zero-order chi connectivity index (χ0) is 53.3. The Morgan fingerprint density at radius 2 is 0.616 bits per heavy atom. The van der Waals surface area contributed by atoms with Crippen molar-refractivity contribution < 1.29 is 13.2 Å². The molecule has 0 saturated carbocycles. The lowest BCUT2D eigenvalue weighted by Gasteiger charge is -2.43. The van der Waals surface area contributed by atoms with Crippen LogP contribution in [0.2, 0.25) is 54.4 Å². The molecule has 0 N–H and O–H groups in total. The Bertz CT molecular complexity index is 1950. The molecule has 0 radical (unpaired) electrons. The highest BCUT2D eigenvalue weighted by Crippen LogP contribution is 2.57. The van der Waals surface area contributed by atoms with Gasteiger partial charge < -0.3 is 0 Å². The molecule has 0 spiro atoms. The highest BCUT2D eigenvalue weighted by molar-refractivity contribution is 7.84. The van der Waals surface area contributed by atoms with Crippen molar-refractivity contribution in [1.29, 1.82) is 0 Å². The summed E-state index contributed by atoms with van der Waals surface area (Å²) in [7, 11) is -8.38. The molecule has 0 aromatic heterocycles. The molecule has 0 amide bonds. The fourth-order valence-corrected chi connectivity index (χ4v) is 35.2. The predicted octanol–water partition coefficient (Wildman–Crippen LogP) is 19.0. The van der Waals surface area contributed by atoms with E-state index in [4.69, 9.17) is 0 Å². The van der Waals surface area contributed by atoms with E-state index in [2.05, 4.69) is 153 Å². The summed E-state index contributed by atoms with van der Waals surface area (Å²) in [4.78, 5) is 0. The van der Waals surface area contributed by atoms with Crippen LogP contribution in [0, 0.1) is 0 Å². The molecule has 73 heavy (non-hydrogen) atoms. The third kappa shape index (κ3) is 17.6. The van der Waals surface area contributed by atoms with Crippen molar-refractivity contribution >= 4 is 77.1 Å². The Balaban J connectivity index is 2.12. The van der Waals surface area contributed by atoms with Crippen LogP contribution in [0.3, 0.4) is 0 Å². The van der Waals surface area contributed by atoms with E-state index < -0.39 is 52.1 Å². The monoisotopic (exact) mass is 1090 g/mol. The summed E-state index contributed by atoms with van der Waals surface area (Å²) in [6, 6.07) is 47.9. The van der Waals surface area contributed by atoms with Crippen LogP contribution < -0.4 is 36.8 Å². The number of nitrogens with zero attached hydrogens (tertiary/aromatic N) is 1. The molecule has 1 nitrogen and oxygen atoms in total. The van der Waals surface area contributed by atoms with Gasteiger partial charge in [-0.25, -0.2) is 4.44 Å². The minimum absolute atomic E-state index is 0.0380. The number of hydrogen-bond acceptors (Lipinski definition) is 1. The lowest BCUT2D eigenvalue weighted by atomic mass is 10.2. The molecular formula is C64H104F3NP2Si3. The lowest BCUT2D eigenvalue weighted by Crippen LogP contribution is -2.48. The number of alkyl halides is 3. The first kappa shape index (κ1) is 63.7. The van der Waals surface area contributed by atoms with Crippen molar-refractivity contribution in [2.45, 2.75) is 258 Å². The third-order valence-electron chi connectivity index (χ3n) is 16.6. The van der Waals surface area contributed by atoms with Gasteiger partial charge in [0.2, 0.25) is 0 Å². The van der Waals surface area contributed by atoms with Crippen LogP contribution in [-0.4, -0.2) is 34.7 Å². The Hall–Kier alpha value is -1.86. The SMILES string of the molecule is CCCC[Si](CCCC)(CCCC)c1ccc(P(c2ccc([Si](CCCC)(CCCC)CCCC)cc2)N(C(C)C)P(c2ccc([Si](CCCC)(CCCC)CCCC)cc2)c2ccccc2C(F)(F)F)cc1. The van der Waals surface area contributed by atoms with E-state index in [1.165, 1.54) is 192 Å². The minimum Gasteiger partial charge on any atom is -0.242 e. The second-order valence-corrected chi connectivity index (χ2v) is 40.8. The Kier molecular flexibility index (Phi) is 28.6. The first-order chi connectivity index (χ1) is 35.2. The summed E-state index contributed by atoms with van der Waals surface area (Å²) >= 11 is 0. The molecule has 0 saturated heterocycles. The summed E-state index contributed by atoms with van der Waals surface area (Å²) in [5.74, 6) is 0. The van der Waals surface area contributed by atoms with Gasteiger partial charge >= 0.3 is 6.18 Å². The molecule has 0 heterocycles. The average molecular weight is 1090 g/mol. The van der Waals surface area contributed by atoms with Crippen LogP contribution in [0.5, 0.6) is 0 Å². The summed E-state index contributed by atoms with van der Waals surface area (Å²) < 4.78 is 49.6. The van der Waals surface area contributed by atoms with Crippen molar-refractivity contribution in [2.75, 3.05) is 0 Å². The van der Waals surface area contributed by atoms with E-state index in [1.807, 2.05) is 12.1 Å². The van der Waals surface area contributed by atoms with Gasteiger partial charge in [-0.05, 0) is 35.8 Å². The highest BCUT2D eigenvalue weighted by Gasteiger charge is 2.42. The Morgan fingerprint density at radius 3 is 0.849 bits per heavy atom. The topological polar surface area (TPSA) is 3.24 Å². The van der Waals surface area contributed by atoms with Gasteiger partial charge in [0.25, 0.3) is 0 Å². The van der Waals surface area contributed by atoms with Gasteiger partial charge in [0.1, 0.15) is 0 Å². The van der Waals surface area contributed by atoms with E-state index in [9.17, 15) is 0 Å². The summed E-state index contributed by atoms with van der Waals surface area (Å²) in [6.07, 6.45) is 17.8. The van der Waals surface area contributed by atoms with E-state index in [1.54, 1.807) is 16.4 Å². The molecule has 1 unspecified atom stereocenters. The minimum atomic E-state index is -4.48. The quantitative estimate of drug-likeness (QED) is 0.0321. The summed E-state index contributed by atoms with van der Waals surface area (Å²) in [6.45, 7) is 25.5. The second kappa shape index (κ2) is 32.8. The van der Waals surface area contributed by atoms with Crippen LogP contribution in [0.15, 0.2) is 97.1 Å². The Labute approximate surface area is 453 Å². The lowest BCUT2D eigenvalue weighted by molar-refractivity contribution is -0.136. The van der Waals surface area contributed by atoms with Crippen molar-refractivity contribution in [3.8, 4) is 0 Å². The van der Waals surface area contributed by atoms with Gasteiger partial charge in [-0.1, -0.05) is 339 Å². The van der Waals surface area contributed by atoms with E-state index >= 15 is 13.2 Å². The molecule has 0 fully saturated rings. The average Bonchev–Trinajstić information content (AvgIpc) is 3.40. The predicted molar refractivity (Wildman–Crippen MR) is 334 cm³/mol. The van der Waals surface area contributed by atoms with Crippen molar-refractivity contribution in [1.82, 2.24) is 4.44 Å². The van der Waals surface area contributed by atoms with Crippen LogP contribution in [0.25, 0.3) is 0 Å². The molecule has 4 aromatic rings. The van der Waals surface area contributed by atoms with Crippen molar-refractivity contribution in [3.05, 3.63) is 103 Å². The molecular weight excluding hydrogens is 986 g/mol. The molecule has 408 valence electrons. The number of rotatable bonds is 37. The molecule has 1 atom stereocenters. The number of halogens is 3. The van der Waals surface area contributed by atoms with Gasteiger partial charge in [0.15, 0.2) is 0 Å². The standard InChI is InChI=1S/C64H104F3NP2Si3/c1-12-21-46-71(47-22-13-2,48-23-14-3)59-40-34-56(35-41-59)69(57-36-42-60(43-37-57)72(49-24-15-4,50-25-16-5)51-26-17-6)68(55(10)11)70(63-33-31-30-32-62(63)64(65,66)67)58-38-44-61(45-39-58)73(52-27-18-7,53-28-19-8)54-29-20-9/h30-45,55H,12-29,46-54H2,1-11H3. The van der Waals surface area contributed by atoms with E-state index in [-0.39, 0.29) is 6.04 Å². The van der Waals surface area contributed by atoms with Gasteiger partial charge in [-0.15, -0.1) is 0 Å². The first-order valence-corrected chi connectivity index (χ1v) is 40.6. The maximum Gasteiger partial charge on any atom is 0.417 e. The third-order valence-corrected chi connectivity index (χ3v) is 39.1. The van der Waals surface area contributed by atoms with Crippen molar-refractivity contribution in [2.24, 2.45) is 0 Å². The first-order valence-electron chi connectivity index (χ1n) is 30.1. The van der Waals surface area contributed by atoms with Gasteiger partial charge in [-0.2, -0.15) is 13.2 Å². The number of hydrogen-bond donors (Lipinski definition) is 0. The molecule has 0 aliphatic carbocycles. The van der Waals surface area contributed by atoms with Crippen molar-refractivity contribution in [3.63, 3.8) is 0 Å². The molecule has 4 aromatic carbocycles. The van der Waals surface area contributed by atoms with Crippen LogP contribution in [0.4, 0.5) is 13.2 Å². The fraction of sp³-hybridized carbons (Fsp3) is 0.625. The summed E-state index contributed by atoms with van der Waals surface area (Å²) in [5, 5.41) is 8.67. The van der Waals surface area contributed by atoms with Gasteiger partial charge in [0, 0.05) is 27.5 Å². The molecule has 9 heteroatoms. The van der Waals surface area contributed by atoms with Gasteiger partial charge in [-0.3, -0.25) is 0 Å². The molecule has 0 bridgehead atoms. The summed E-state index contributed by atoms with van der Waals surface area (Å²) in [5.41, 5.74) is -0.494. The largest absolute Gasteiger partial charge is 0.417 e. The van der Waals surface area contributed by atoms with Crippen LogP contribution >= 0.6 is 16.1 Å². The van der Waals surface area contributed by atoms with Crippen LogP contribution in [-0.2, 0) is 6.18 Å². The normalized spacial score (nSPS) is 13.2. The maximum absolute atomic E-state index is 15.7. The molecule has 0 aliphatic heterocycles. The van der Waals surface area contributed by atoms with Gasteiger partial charge in [0.05, 0.1) is 29.8 Å². The zero-order valence-corrected chi connectivity index (χ0v) is 53.2.